The van der Waals surface area contributed by atoms with Crippen LogP contribution < -0.4 is 10.8 Å². The normalized spacial score (nSPS) is 18.3. The summed E-state index contributed by atoms with van der Waals surface area (Å²) in [7, 11) is 0. The highest BCUT2D eigenvalue weighted by molar-refractivity contribution is 6.34. The lowest BCUT2D eigenvalue weighted by atomic mass is 9.91. The highest BCUT2D eigenvalue weighted by Crippen LogP contribution is 2.48. The molecule has 0 fully saturated rings. The molecule has 0 saturated carbocycles. The Balaban J connectivity index is 1.97. The van der Waals surface area contributed by atoms with E-state index in [1.165, 1.54) is 12.1 Å². The summed E-state index contributed by atoms with van der Waals surface area (Å²) < 4.78 is 47.6. The number of halogens is 5. The molecule has 3 rings (SSSR count). The second-order valence-corrected chi connectivity index (χ2v) is 8.67. The molecule has 10 heteroatoms. The first-order chi connectivity index (χ1) is 14.9. The Morgan fingerprint density at radius 2 is 1.84 bits per heavy atom. The van der Waals surface area contributed by atoms with Crippen molar-refractivity contribution >= 4 is 40.7 Å². The van der Waals surface area contributed by atoms with Gasteiger partial charge in [-0.1, -0.05) is 49.2 Å². The Morgan fingerprint density at radius 3 is 2.44 bits per heavy atom. The zero-order valence-corrected chi connectivity index (χ0v) is 19.0. The summed E-state index contributed by atoms with van der Waals surface area (Å²) in [5, 5.41) is 2.70. The van der Waals surface area contributed by atoms with Crippen molar-refractivity contribution in [2.24, 2.45) is 5.92 Å². The maximum atomic E-state index is 14.2. The van der Waals surface area contributed by atoms with Gasteiger partial charge in [0.15, 0.2) is 0 Å². The maximum Gasteiger partial charge on any atom is 0.428 e. The van der Waals surface area contributed by atoms with Crippen LogP contribution >= 0.6 is 23.2 Å². The molecule has 2 aromatic rings. The third-order valence-electron chi connectivity index (χ3n) is 4.72. The van der Waals surface area contributed by atoms with Gasteiger partial charge in [-0.3, -0.25) is 15.6 Å². The molecule has 1 heterocycles. The third kappa shape index (κ3) is 5.14. The lowest BCUT2D eigenvalue weighted by molar-refractivity contribution is -0.269. The molecule has 0 radical (unpaired) electrons. The van der Waals surface area contributed by atoms with Gasteiger partial charge in [0.05, 0.1) is 12.3 Å². The summed E-state index contributed by atoms with van der Waals surface area (Å²) in [4.78, 5) is 17.1. The molecule has 172 valence electrons. The van der Waals surface area contributed by atoms with Crippen LogP contribution in [-0.4, -0.2) is 18.9 Å². The average molecular weight is 489 g/mol. The predicted molar refractivity (Wildman–Crippen MR) is 117 cm³/mol. The van der Waals surface area contributed by atoms with Crippen molar-refractivity contribution in [2.75, 3.05) is 11.9 Å². The van der Waals surface area contributed by atoms with Gasteiger partial charge in [-0.05, 0) is 48.7 Å². The Labute approximate surface area is 193 Å². The van der Waals surface area contributed by atoms with E-state index in [-0.39, 0.29) is 33.8 Å². The molecule has 2 N–H and O–H groups in total. The van der Waals surface area contributed by atoms with Crippen LogP contribution in [-0.2, 0) is 15.2 Å². The van der Waals surface area contributed by atoms with Crippen LogP contribution in [0.2, 0.25) is 10.0 Å². The van der Waals surface area contributed by atoms with Crippen molar-refractivity contribution in [1.82, 2.24) is 5.48 Å². The first-order valence-electron chi connectivity index (χ1n) is 9.66. The molecule has 1 unspecified atom stereocenters. The lowest BCUT2D eigenvalue weighted by Crippen LogP contribution is -2.42. The second kappa shape index (κ2) is 9.21. The van der Waals surface area contributed by atoms with E-state index in [1.807, 2.05) is 13.8 Å². The molecule has 0 bridgehead atoms. The van der Waals surface area contributed by atoms with Crippen LogP contribution in [0.4, 0.5) is 23.7 Å². The Bertz CT molecular complexity index is 1040. The summed E-state index contributed by atoms with van der Waals surface area (Å²) in [6.45, 7) is 5.79. The van der Waals surface area contributed by atoms with Crippen LogP contribution in [0.5, 0.6) is 0 Å². The van der Waals surface area contributed by atoms with E-state index < -0.39 is 17.9 Å². The number of hydrogen-bond acceptors (Lipinski definition) is 4. The summed E-state index contributed by atoms with van der Waals surface area (Å²) in [6, 6.07) is 8.44. The number of nitrogens with one attached hydrogen (secondary N) is 2. The molecule has 1 aliphatic rings. The zero-order valence-electron chi connectivity index (χ0n) is 17.4. The lowest BCUT2D eigenvalue weighted by Gasteiger charge is -2.28. The number of benzene rings is 2. The number of rotatable bonds is 5. The Kier molecular flexibility index (Phi) is 6.97. The Hall–Kier alpha value is -2.42. The fourth-order valence-electron chi connectivity index (χ4n) is 3.07. The van der Waals surface area contributed by atoms with Gasteiger partial charge in [0, 0.05) is 26.9 Å². The SMILES string of the molecule is Cc1ccc(C2=CC(c3cc(Cl)cc(Cl)c3)(C(F)(F)F)ON2)cc1NC(=O)OCC(C)C. The second-order valence-electron chi connectivity index (χ2n) is 7.80. The van der Waals surface area contributed by atoms with Crippen molar-refractivity contribution in [2.45, 2.75) is 32.5 Å². The first kappa shape index (κ1) is 24.2. The molecule has 1 amide bonds. The van der Waals surface area contributed by atoms with Gasteiger partial charge in [-0.25, -0.2) is 4.79 Å². The highest BCUT2D eigenvalue weighted by atomic mass is 35.5. The minimum atomic E-state index is -4.82. The number of hydroxylamine groups is 1. The van der Waals surface area contributed by atoms with Crippen molar-refractivity contribution in [3.8, 4) is 0 Å². The summed E-state index contributed by atoms with van der Waals surface area (Å²) in [5.41, 5.74) is 0.829. The molecule has 0 saturated heterocycles. The summed E-state index contributed by atoms with van der Waals surface area (Å²) in [6.07, 6.45) is -4.55. The van der Waals surface area contributed by atoms with E-state index >= 15 is 0 Å². The molecule has 0 aliphatic carbocycles. The number of ether oxygens (including phenoxy) is 1. The van der Waals surface area contributed by atoms with Gasteiger partial charge in [-0.2, -0.15) is 13.2 Å². The van der Waals surface area contributed by atoms with Gasteiger partial charge in [0.1, 0.15) is 0 Å². The van der Waals surface area contributed by atoms with Gasteiger partial charge in [-0.15, -0.1) is 0 Å². The van der Waals surface area contributed by atoms with E-state index in [4.69, 9.17) is 32.8 Å². The van der Waals surface area contributed by atoms with Crippen molar-refractivity contribution in [3.05, 3.63) is 69.2 Å². The standard InChI is InChI=1S/C22H21Cl2F3N2O3/c1-12(2)11-31-20(30)28-18-6-14(5-4-13(18)3)19-10-21(32-29-19,22(25,26)27)15-7-16(23)9-17(24)8-15/h4-10,12,29H,11H2,1-3H3,(H,28,30). The fourth-order valence-corrected chi connectivity index (χ4v) is 3.59. The van der Waals surface area contributed by atoms with E-state index in [9.17, 15) is 18.0 Å². The molecule has 5 nitrogen and oxygen atoms in total. The molecule has 32 heavy (non-hydrogen) atoms. The fraction of sp³-hybridized carbons (Fsp3) is 0.318. The third-order valence-corrected chi connectivity index (χ3v) is 5.15. The van der Waals surface area contributed by atoms with E-state index in [2.05, 4.69) is 10.8 Å². The molecule has 0 aromatic heterocycles. The number of carbonyl (C=O) groups is 1. The van der Waals surface area contributed by atoms with Crippen LogP contribution in [0.25, 0.3) is 5.70 Å². The number of carbonyl (C=O) groups excluding carboxylic acids is 1. The number of alkyl halides is 3. The van der Waals surface area contributed by atoms with Crippen molar-refractivity contribution in [3.63, 3.8) is 0 Å². The number of hydrogen-bond donors (Lipinski definition) is 2. The quantitative estimate of drug-likeness (QED) is 0.483. The largest absolute Gasteiger partial charge is 0.449 e. The predicted octanol–water partition coefficient (Wildman–Crippen LogP) is 6.84. The summed E-state index contributed by atoms with van der Waals surface area (Å²) >= 11 is 11.9. The number of anilines is 1. The molecule has 2 aromatic carbocycles. The Morgan fingerprint density at radius 1 is 1.19 bits per heavy atom. The number of amides is 1. The highest BCUT2D eigenvalue weighted by Gasteiger charge is 2.59. The topological polar surface area (TPSA) is 59.6 Å². The van der Waals surface area contributed by atoms with Gasteiger partial charge >= 0.3 is 12.3 Å². The first-order valence-corrected chi connectivity index (χ1v) is 10.4. The minimum Gasteiger partial charge on any atom is -0.449 e. The van der Waals surface area contributed by atoms with E-state index in [1.54, 1.807) is 19.1 Å². The van der Waals surface area contributed by atoms with Gasteiger partial charge in [0.25, 0.3) is 0 Å². The summed E-state index contributed by atoms with van der Waals surface area (Å²) in [5.74, 6) is 0.161. The number of aryl methyl sites for hydroxylation is 1. The van der Waals surface area contributed by atoms with Crippen molar-refractivity contribution < 1.29 is 27.5 Å². The molecule has 1 atom stereocenters. The van der Waals surface area contributed by atoms with Crippen LogP contribution in [0, 0.1) is 12.8 Å². The van der Waals surface area contributed by atoms with E-state index in [0.29, 0.717) is 16.8 Å². The molecule has 1 aliphatic heterocycles. The smallest absolute Gasteiger partial charge is 0.428 e. The molecular formula is C22H21Cl2F3N2O3. The average Bonchev–Trinajstić information content (AvgIpc) is 3.14. The van der Waals surface area contributed by atoms with Crippen LogP contribution in [0.15, 0.2) is 42.5 Å². The molecule has 0 spiro atoms. The minimum absolute atomic E-state index is 0.0447. The van der Waals surface area contributed by atoms with Crippen molar-refractivity contribution in [1.29, 1.82) is 0 Å². The van der Waals surface area contributed by atoms with Gasteiger partial charge < -0.3 is 4.74 Å². The zero-order chi connectivity index (χ0) is 23.7. The molecular weight excluding hydrogens is 468 g/mol. The van der Waals surface area contributed by atoms with Gasteiger partial charge in [0.2, 0.25) is 5.60 Å². The van der Waals surface area contributed by atoms with Crippen LogP contribution in [0.3, 0.4) is 0 Å². The maximum absolute atomic E-state index is 14.2. The monoisotopic (exact) mass is 488 g/mol. The van der Waals surface area contributed by atoms with Crippen LogP contribution in [0.1, 0.15) is 30.5 Å². The van der Waals surface area contributed by atoms with E-state index in [0.717, 1.165) is 18.2 Å².